The van der Waals surface area contributed by atoms with E-state index in [4.69, 9.17) is 11.6 Å². The van der Waals surface area contributed by atoms with Crippen molar-refractivity contribution >= 4 is 28.5 Å². The molecule has 1 atom stereocenters. The predicted molar refractivity (Wildman–Crippen MR) is 105 cm³/mol. The highest BCUT2D eigenvalue weighted by Gasteiger charge is 2.29. The van der Waals surface area contributed by atoms with Crippen molar-refractivity contribution in [2.45, 2.75) is 45.1 Å². The molecule has 1 aliphatic rings. The highest BCUT2D eigenvalue weighted by atomic mass is 35.5. The largest absolute Gasteiger partial charge is 0.481 e. The fourth-order valence-electron chi connectivity index (χ4n) is 4.30. The number of nitrogens with zero attached hydrogens (tertiary/aromatic N) is 1. The van der Waals surface area contributed by atoms with Gasteiger partial charge in [-0.25, -0.2) is 0 Å². The van der Waals surface area contributed by atoms with Crippen molar-refractivity contribution < 1.29 is 9.90 Å². The summed E-state index contributed by atoms with van der Waals surface area (Å²) < 4.78 is 2.33. The molecule has 0 aliphatic heterocycles. The summed E-state index contributed by atoms with van der Waals surface area (Å²) in [6.07, 6.45) is 3.22. The summed E-state index contributed by atoms with van der Waals surface area (Å²) in [5.74, 6) is -0.640. The number of aliphatic carboxylic acids is 1. The van der Waals surface area contributed by atoms with Crippen LogP contribution in [-0.2, 0) is 17.8 Å². The van der Waals surface area contributed by atoms with Gasteiger partial charge in [-0.15, -0.1) is 0 Å². The van der Waals surface area contributed by atoms with Crippen LogP contribution in [0.1, 0.15) is 47.6 Å². The Bertz CT molecular complexity index is 972. The van der Waals surface area contributed by atoms with Crippen molar-refractivity contribution in [3.8, 4) is 0 Å². The highest BCUT2D eigenvalue weighted by molar-refractivity contribution is 6.30. The topological polar surface area (TPSA) is 42.2 Å². The Morgan fingerprint density at radius 2 is 2.00 bits per heavy atom. The Hall–Kier alpha value is -2.26. The SMILES string of the molecule is Cc1ccc2c(c1)c1c(n2Cc2ccc(Cl)cc2)C(CC(=O)O)CCC1. The first-order valence-electron chi connectivity index (χ1n) is 9.11. The number of fused-ring (bicyclic) bond motifs is 3. The van der Waals surface area contributed by atoms with Gasteiger partial charge < -0.3 is 9.67 Å². The molecule has 0 saturated heterocycles. The van der Waals surface area contributed by atoms with Crippen molar-refractivity contribution in [1.29, 1.82) is 0 Å². The Labute approximate surface area is 158 Å². The monoisotopic (exact) mass is 367 g/mol. The van der Waals surface area contributed by atoms with Gasteiger partial charge in [0.25, 0.3) is 0 Å². The lowest BCUT2D eigenvalue weighted by molar-refractivity contribution is -0.137. The van der Waals surface area contributed by atoms with Crippen LogP contribution in [0.2, 0.25) is 5.02 Å². The second-order valence-electron chi connectivity index (χ2n) is 7.28. The second-order valence-corrected chi connectivity index (χ2v) is 7.72. The maximum Gasteiger partial charge on any atom is 0.304 e. The van der Waals surface area contributed by atoms with E-state index < -0.39 is 5.97 Å². The third-order valence-corrected chi connectivity index (χ3v) is 5.66. The quantitative estimate of drug-likeness (QED) is 0.657. The Kier molecular flexibility index (Phi) is 4.49. The van der Waals surface area contributed by atoms with E-state index in [1.807, 2.05) is 24.3 Å². The first-order chi connectivity index (χ1) is 12.5. The van der Waals surface area contributed by atoms with E-state index >= 15 is 0 Å². The molecule has 1 aliphatic carbocycles. The molecule has 0 radical (unpaired) electrons. The number of benzene rings is 2. The van der Waals surface area contributed by atoms with Gasteiger partial charge in [0, 0.05) is 34.1 Å². The van der Waals surface area contributed by atoms with Crippen LogP contribution >= 0.6 is 11.6 Å². The molecule has 1 N–H and O–H groups in total. The van der Waals surface area contributed by atoms with E-state index in [1.165, 1.54) is 33.3 Å². The molecule has 26 heavy (non-hydrogen) atoms. The van der Waals surface area contributed by atoms with Crippen molar-refractivity contribution in [2.24, 2.45) is 0 Å². The standard InChI is InChI=1S/C22H22ClNO2/c1-14-5-10-20-19(11-14)18-4-2-3-16(12-21(25)26)22(18)24(20)13-15-6-8-17(23)9-7-15/h5-11,16H,2-4,12-13H2,1H3,(H,25,26). The lowest BCUT2D eigenvalue weighted by Crippen LogP contribution is -2.17. The number of aromatic nitrogens is 1. The van der Waals surface area contributed by atoms with Gasteiger partial charge in [-0.3, -0.25) is 4.79 Å². The number of carboxylic acids is 1. The van der Waals surface area contributed by atoms with Gasteiger partial charge in [-0.05, 0) is 61.6 Å². The maximum absolute atomic E-state index is 11.4. The van der Waals surface area contributed by atoms with Crippen LogP contribution in [0.5, 0.6) is 0 Å². The average molecular weight is 368 g/mol. The average Bonchev–Trinajstić information content (AvgIpc) is 2.91. The van der Waals surface area contributed by atoms with Crippen molar-refractivity contribution in [1.82, 2.24) is 4.57 Å². The van der Waals surface area contributed by atoms with E-state index in [1.54, 1.807) is 0 Å². The minimum atomic E-state index is -0.720. The van der Waals surface area contributed by atoms with E-state index in [2.05, 4.69) is 29.7 Å². The summed E-state index contributed by atoms with van der Waals surface area (Å²) in [5, 5.41) is 11.4. The molecule has 3 nitrogen and oxygen atoms in total. The highest BCUT2D eigenvalue weighted by Crippen LogP contribution is 2.40. The number of carbonyl (C=O) groups is 1. The molecular formula is C22H22ClNO2. The van der Waals surface area contributed by atoms with Gasteiger partial charge in [0.15, 0.2) is 0 Å². The van der Waals surface area contributed by atoms with Gasteiger partial charge >= 0.3 is 5.97 Å². The molecular weight excluding hydrogens is 346 g/mol. The number of rotatable bonds is 4. The van der Waals surface area contributed by atoms with E-state index in [0.717, 1.165) is 30.8 Å². The molecule has 1 heterocycles. The van der Waals surface area contributed by atoms with Gasteiger partial charge in [-0.2, -0.15) is 0 Å². The maximum atomic E-state index is 11.4. The fourth-order valence-corrected chi connectivity index (χ4v) is 4.43. The molecule has 4 heteroatoms. The zero-order valence-electron chi connectivity index (χ0n) is 14.8. The van der Waals surface area contributed by atoms with Crippen LogP contribution in [0.4, 0.5) is 0 Å². The minimum Gasteiger partial charge on any atom is -0.481 e. The van der Waals surface area contributed by atoms with Gasteiger partial charge in [0.05, 0.1) is 6.42 Å². The van der Waals surface area contributed by atoms with Crippen LogP contribution in [0.3, 0.4) is 0 Å². The summed E-state index contributed by atoms with van der Waals surface area (Å²) in [6.45, 7) is 2.85. The van der Waals surface area contributed by atoms with Gasteiger partial charge in [0.2, 0.25) is 0 Å². The Morgan fingerprint density at radius 1 is 1.23 bits per heavy atom. The normalized spacial score (nSPS) is 16.6. The van der Waals surface area contributed by atoms with Gasteiger partial charge in [-0.1, -0.05) is 35.4 Å². The second kappa shape index (κ2) is 6.81. The first-order valence-corrected chi connectivity index (χ1v) is 9.48. The number of carboxylic acid groups (broad SMARTS) is 1. The molecule has 2 aromatic carbocycles. The third-order valence-electron chi connectivity index (χ3n) is 5.41. The number of halogens is 1. The number of hydrogen-bond acceptors (Lipinski definition) is 1. The molecule has 4 rings (SSSR count). The van der Waals surface area contributed by atoms with Gasteiger partial charge in [0.1, 0.15) is 0 Å². The smallest absolute Gasteiger partial charge is 0.304 e. The lowest BCUT2D eigenvalue weighted by atomic mass is 9.84. The van der Waals surface area contributed by atoms with Crippen LogP contribution in [-0.4, -0.2) is 15.6 Å². The van der Waals surface area contributed by atoms with E-state index in [9.17, 15) is 9.90 Å². The number of hydrogen-bond donors (Lipinski definition) is 1. The molecule has 0 saturated carbocycles. The van der Waals surface area contributed by atoms with Crippen molar-refractivity contribution in [3.63, 3.8) is 0 Å². The number of aryl methyl sites for hydroxylation is 2. The van der Waals surface area contributed by atoms with Crippen LogP contribution in [0.15, 0.2) is 42.5 Å². The molecule has 0 bridgehead atoms. The molecule has 3 aromatic rings. The predicted octanol–water partition coefficient (Wildman–Crippen LogP) is 5.55. The fraction of sp³-hybridized carbons (Fsp3) is 0.318. The lowest BCUT2D eigenvalue weighted by Gasteiger charge is -2.24. The molecule has 0 spiro atoms. The minimum absolute atomic E-state index is 0.0799. The Morgan fingerprint density at radius 3 is 2.73 bits per heavy atom. The molecule has 0 amide bonds. The Balaban J connectivity index is 1.89. The summed E-state index contributed by atoms with van der Waals surface area (Å²) in [7, 11) is 0. The molecule has 1 unspecified atom stereocenters. The molecule has 0 fully saturated rings. The third kappa shape index (κ3) is 3.12. The zero-order chi connectivity index (χ0) is 18.3. The summed E-state index contributed by atoms with van der Waals surface area (Å²) in [5.41, 5.74) is 6.18. The molecule has 1 aromatic heterocycles. The van der Waals surface area contributed by atoms with Crippen LogP contribution < -0.4 is 0 Å². The summed E-state index contributed by atoms with van der Waals surface area (Å²) in [6, 6.07) is 14.5. The van der Waals surface area contributed by atoms with E-state index in [0.29, 0.717) is 0 Å². The van der Waals surface area contributed by atoms with Crippen LogP contribution in [0, 0.1) is 6.92 Å². The van der Waals surface area contributed by atoms with E-state index in [-0.39, 0.29) is 12.3 Å². The summed E-state index contributed by atoms with van der Waals surface area (Å²) >= 11 is 6.03. The van der Waals surface area contributed by atoms with Crippen LogP contribution in [0.25, 0.3) is 10.9 Å². The van der Waals surface area contributed by atoms with Crippen molar-refractivity contribution in [2.75, 3.05) is 0 Å². The zero-order valence-corrected chi connectivity index (χ0v) is 15.6. The molecule has 134 valence electrons. The van der Waals surface area contributed by atoms with Crippen molar-refractivity contribution in [3.05, 3.63) is 69.9 Å². The summed E-state index contributed by atoms with van der Waals surface area (Å²) in [4.78, 5) is 11.4. The first kappa shape index (κ1) is 17.2.